The van der Waals surface area contributed by atoms with E-state index < -0.39 is 0 Å². The van der Waals surface area contributed by atoms with Gasteiger partial charge in [-0.15, -0.1) is 0 Å². The van der Waals surface area contributed by atoms with Crippen LogP contribution < -0.4 is 4.74 Å². The van der Waals surface area contributed by atoms with Crippen molar-refractivity contribution in [3.8, 4) is 22.7 Å². The van der Waals surface area contributed by atoms with Crippen molar-refractivity contribution >= 4 is 5.71 Å². The number of nitrogens with zero attached hydrogens (tertiary/aromatic N) is 5. The Bertz CT molecular complexity index is 1150. The normalized spacial score (nSPS) is 11.5. The Hall–Kier alpha value is -3.09. The fraction of sp³-hybridized carbons (Fsp3) is 0.350. The van der Waals surface area contributed by atoms with E-state index in [2.05, 4.69) is 23.1 Å². The highest BCUT2D eigenvalue weighted by Gasteiger charge is 2.24. The molecule has 0 saturated heterocycles. The van der Waals surface area contributed by atoms with Crippen LogP contribution in [-0.2, 0) is 0 Å². The predicted molar refractivity (Wildman–Crippen MR) is 103 cm³/mol. The molecule has 0 atom stereocenters. The van der Waals surface area contributed by atoms with Crippen LogP contribution in [0, 0.1) is 34.6 Å². The number of aryl methyl sites for hydroxylation is 5. The molecule has 7 nitrogen and oxygen atoms in total. The van der Waals surface area contributed by atoms with E-state index >= 15 is 0 Å². The van der Waals surface area contributed by atoms with E-state index in [-0.39, 0.29) is 0 Å². The number of aromatic nitrogens is 5. The Labute approximate surface area is 157 Å². The lowest BCUT2D eigenvalue weighted by Crippen LogP contribution is -2.00. The Morgan fingerprint density at radius 1 is 1.07 bits per heavy atom. The van der Waals surface area contributed by atoms with Crippen LogP contribution in [0.4, 0.5) is 0 Å². The molecule has 140 valence electrons. The first-order valence-electron chi connectivity index (χ1n) is 9.04. The lowest BCUT2D eigenvalue weighted by atomic mass is 10.0. The molecule has 1 aromatic carbocycles. The van der Waals surface area contributed by atoms with Crippen LogP contribution in [0.25, 0.3) is 22.7 Å². The SMILES string of the molecule is CCOc1ccc(-c2c(C)oc3c(-n4nc(C)nc4C)c(C)nn23)c(C)c1. The van der Waals surface area contributed by atoms with E-state index in [4.69, 9.17) is 14.3 Å². The second-order valence-corrected chi connectivity index (χ2v) is 6.69. The maximum absolute atomic E-state index is 6.14. The molecule has 3 heterocycles. The third-order valence-electron chi connectivity index (χ3n) is 4.63. The van der Waals surface area contributed by atoms with Crippen molar-refractivity contribution < 1.29 is 9.15 Å². The summed E-state index contributed by atoms with van der Waals surface area (Å²) < 4.78 is 15.4. The summed E-state index contributed by atoms with van der Waals surface area (Å²) in [6.45, 7) is 12.4. The molecule has 4 rings (SSSR count). The number of rotatable bonds is 4. The van der Waals surface area contributed by atoms with Crippen molar-refractivity contribution in [1.29, 1.82) is 0 Å². The zero-order valence-corrected chi connectivity index (χ0v) is 16.5. The minimum Gasteiger partial charge on any atom is -0.494 e. The molecular formula is C20H23N5O2. The third-order valence-corrected chi connectivity index (χ3v) is 4.63. The summed E-state index contributed by atoms with van der Waals surface area (Å²) in [6.07, 6.45) is 0. The van der Waals surface area contributed by atoms with Crippen LogP contribution in [-0.4, -0.2) is 31.0 Å². The maximum Gasteiger partial charge on any atom is 0.249 e. The van der Waals surface area contributed by atoms with Gasteiger partial charge >= 0.3 is 0 Å². The van der Waals surface area contributed by atoms with Gasteiger partial charge in [-0.1, -0.05) is 0 Å². The fourth-order valence-electron chi connectivity index (χ4n) is 3.52. The van der Waals surface area contributed by atoms with Gasteiger partial charge in [-0.25, -0.2) is 9.67 Å². The molecule has 0 aliphatic heterocycles. The Morgan fingerprint density at radius 3 is 2.48 bits per heavy atom. The minimum atomic E-state index is 0.645. The van der Waals surface area contributed by atoms with Crippen LogP contribution in [0.5, 0.6) is 5.75 Å². The van der Waals surface area contributed by atoms with Gasteiger partial charge in [0, 0.05) is 5.56 Å². The van der Waals surface area contributed by atoms with E-state index in [9.17, 15) is 0 Å². The molecule has 0 N–H and O–H groups in total. The lowest BCUT2D eigenvalue weighted by Gasteiger charge is -2.08. The molecule has 0 amide bonds. The largest absolute Gasteiger partial charge is 0.494 e. The van der Waals surface area contributed by atoms with Gasteiger partial charge < -0.3 is 9.15 Å². The number of benzene rings is 1. The average Bonchev–Trinajstić information content (AvgIpc) is 3.19. The average molecular weight is 365 g/mol. The van der Waals surface area contributed by atoms with Gasteiger partial charge in [0.2, 0.25) is 5.71 Å². The summed E-state index contributed by atoms with van der Waals surface area (Å²) in [7, 11) is 0. The number of hydrogen-bond donors (Lipinski definition) is 0. The molecule has 0 unspecified atom stereocenters. The zero-order valence-electron chi connectivity index (χ0n) is 16.5. The van der Waals surface area contributed by atoms with E-state index in [1.54, 1.807) is 4.68 Å². The first-order valence-corrected chi connectivity index (χ1v) is 9.04. The molecule has 0 bridgehead atoms. The molecule has 3 aromatic heterocycles. The van der Waals surface area contributed by atoms with E-state index in [0.29, 0.717) is 12.3 Å². The fourth-order valence-corrected chi connectivity index (χ4v) is 3.52. The van der Waals surface area contributed by atoms with E-state index in [1.165, 1.54) is 0 Å². The van der Waals surface area contributed by atoms with Crippen LogP contribution >= 0.6 is 0 Å². The molecule has 0 fully saturated rings. The standard InChI is InChI=1S/C20H23N5O2/c1-7-26-16-8-9-17(11(2)10-16)19-13(4)27-20-18(12(3)22-25(19)20)24-15(6)21-14(5)23-24/h8-10H,7H2,1-6H3. The molecule has 0 radical (unpaired) electrons. The zero-order chi connectivity index (χ0) is 19.3. The highest BCUT2D eigenvalue weighted by Crippen LogP contribution is 2.34. The van der Waals surface area contributed by atoms with Gasteiger partial charge in [-0.3, -0.25) is 0 Å². The Kier molecular flexibility index (Phi) is 4.02. The van der Waals surface area contributed by atoms with Gasteiger partial charge in [-0.05, 0) is 65.3 Å². The van der Waals surface area contributed by atoms with Crippen LogP contribution in [0.1, 0.15) is 35.6 Å². The maximum atomic E-state index is 6.14. The molecule has 0 aliphatic rings. The van der Waals surface area contributed by atoms with Gasteiger partial charge in [0.05, 0.1) is 12.3 Å². The second kappa shape index (κ2) is 6.26. The summed E-state index contributed by atoms with van der Waals surface area (Å²) in [5, 5.41) is 9.24. The minimum absolute atomic E-state index is 0.645. The van der Waals surface area contributed by atoms with Crippen molar-refractivity contribution in [3.63, 3.8) is 0 Å². The van der Waals surface area contributed by atoms with Crippen molar-refractivity contribution in [2.24, 2.45) is 0 Å². The van der Waals surface area contributed by atoms with Crippen LogP contribution in [0.2, 0.25) is 0 Å². The molecule has 4 aromatic rings. The van der Waals surface area contributed by atoms with Gasteiger partial charge in [-0.2, -0.15) is 14.7 Å². The van der Waals surface area contributed by atoms with Crippen molar-refractivity contribution in [2.45, 2.75) is 41.5 Å². The number of hydrogen-bond acceptors (Lipinski definition) is 5. The highest BCUT2D eigenvalue weighted by atomic mass is 16.5. The second-order valence-electron chi connectivity index (χ2n) is 6.69. The highest BCUT2D eigenvalue weighted by molar-refractivity contribution is 5.72. The topological polar surface area (TPSA) is 70.4 Å². The van der Waals surface area contributed by atoms with E-state index in [0.717, 1.165) is 51.4 Å². The first-order chi connectivity index (χ1) is 12.9. The monoisotopic (exact) mass is 365 g/mol. The summed E-state index contributed by atoms with van der Waals surface area (Å²) in [4.78, 5) is 4.40. The summed E-state index contributed by atoms with van der Waals surface area (Å²) in [5.74, 6) is 3.19. The summed E-state index contributed by atoms with van der Waals surface area (Å²) in [5.41, 5.74) is 5.44. The van der Waals surface area contributed by atoms with Crippen LogP contribution in [0.15, 0.2) is 22.6 Å². The molecule has 0 aliphatic carbocycles. The van der Waals surface area contributed by atoms with Crippen molar-refractivity contribution in [1.82, 2.24) is 24.4 Å². The number of ether oxygens (including phenoxy) is 1. The van der Waals surface area contributed by atoms with Crippen LogP contribution in [0.3, 0.4) is 0 Å². The smallest absolute Gasteiger partial charge is 0.249 e. The lowest BCUT2D eigenvalue weighted by molar-refractivity contribution is 0.340. The summed E-state index contributed by atoms with van der Waals surface area (Å²) >= 11 is 0. The first kappa shape index (κ1) is 17.3. The third kappa shape index (κ3) is 2.70. The summed E-state index contributed by atoms with van der Waals surface area (Å²) in [6, 6.07) is 6.07. The predicted octanol–water partition coefficient (Wildman–Crippen LogP) is 4.12. The molecule has 27 heavy (non-hydrogen) atoms. The number of oxazole rings is 1. The molecular weight excluding hydrogens is 342 g/mol. The van der Waals surface area contributed by atoms with Gasteiger partial charge in [0.1, 0.15) is 28.9 Å². The van der Waals surface area contributed by atoms with Crippen molar-refractivity contribution in [2.75, 3.05) is 6.61 Å². The van der Waals surface area contributed by atoms with Gasteiger partial charge in [0.15, 0.2) is 5.69 Å². The quantitative estimate of drug-likeness (QED) is 0.544. The van der Waals surface area contributed by atoms with E-state index in [1.807, 2.05) is 51.3 Å². The van der Waals surface area contributed by atoms with Gasteiger partial charge in [0.25, 0.3) is 0 Å². The Balaban J connectivity index is 1.93. The number of fused-ring (bicyclic) bond motifs is 1. The molecule has 7 heteroatoms. The molecule has 0 saturated carbocycles. The molecule has 0 spiro atoms. The Morgan fingerprint density at radius 2 is 1.85 bits per heavy atom. The van der Waals surface area contributed by atoms with Crippen molar-refractivity contribution in [3.05, 3.63) is 46.9 Å².